The van der Waals surface area contributed by atoms with Gasteiger partial charge in [-0.1, -0.05) is 41.4 Å². The molecule has 2 N–H and O–H groups in total. The molecule has 6 heteroatoms. The normalized spacial score (nSPS) is 10.5. The van der Waals surface area contributed by atoms with Gasteiger partial charge < -0.3 is 5.32 Å². The molecule has 3 rings (SSSR count). The number of hydrogen-bond donors (Lipinski definition) is 2. The number of halogens is 1. The molecule has 0 aliphatic rings. The number of urea groups is 1. The number of rotatable bonds is 3. The minimum Gasteiger partial charge on any atom is -0.308 e. The van der Waals surface area contributed by atoms with Crippen LogP contribution in [-0.2, 0) is 0 Å². The number of hydrogen-bond acceptors (Lipinski definition) is 3. The lowest BCUT2D eigenvalue weighted by molar-refractivity contribution is 0.262. The van der Waals surface area contributed by atoms with Gasteiger partial charge in [0.1, 0.15) is 0 Å². The Morgan fingerprint density at radius 3 is 2.33 bits per heavy atom. The summed E-state index contributed by atoms with van der Waals surface area (Å²) in [4.78, 5) is 17.7. The second-order valence-electron chi connectivity index (χ2n) is 5.38. The maximum atomic E-state index is 12.1. The van der Waals surface area contributed by atoms with Gasteiger partial charge >= 0.3 is 6.03 Å². The van der Waals surface area contributed by atoms with Gasteiger partial charge in [0.2, 0.25) is 0 Å². The Kier molecular flexibility index (Phi) is 4.83. The van der Waals surface area contributed by atoms with E-state index < -0.39 is 0 Å². The standard InChI is InChI=1S/C18H16ClN3OS/c1-11-3-5-13(6-4-11)16-12(2)24-18(21-16)22-17(23)20-15-9-7-14(19)8-10-15/h3-10H,1-2H3,(H2,20,21,22,23). The van der Waals surface area contributed by atoms with Crippen LogP contribution in [0.5, 0.6) is 0 Å². The van der Waals surface area contributed by atoms with Crippen molar-refractivity contribution in [3.05, 3.63) is 64.0 Å². The Balaban J connectivity index is 1.71. The first-order chi connectivity index (χ1) is 11.5. The first-order valence-electron chi connectivity index (χ1n) is 7.39. The number of benzene rings is 2. The molecule has 1 heterocycles. The second-order valence-corrected chi connectivity index (χ2v) is 7.02. The van der Waals surface area contributed by atoms with Crippen molar-refractivity contribution in [3.63, 3.8) is 0 Å². The van der Waals surface area contributed by atoms with Gasteiger partial charge in [-0.2, -0.15) is 0 Å². The number of nitrogens with one attached hydrogen (secondary N) is 2. The average molecular weight is 358 g/mol. The van der Waals surface area contributed by atoms with E-state index in [2.05, 4.69) is 27.8 Å². The third-order valence-electron chi connectivity index (χ3n) is 3.44. The van der Waals surface area contributed by atoms with Gasteiger partial charge in [-0.3, -0.25) is 5.32 Å². The molecule has 0 aliphatic heterocycles. The van der Waals surface area contributed by atoms with Gasteiger partial charge in [0.05, 0.1) is 5.69 Å². The highest BCUT2D eigenvalue weighted by atomic mass is 35.5. The lowest BCUT2D eigenvalue weighted by Crippen LogP contribution is -2.19. The third kappa shape index (κ3) is 3.93. The SMILES string of the molecule is Cc1ccc(-c2nc(NC(=O)Nc3ccc(Cl)cc3)sc2C)cc1. The van der Waals surface area contributed by atoms with Crippen LogP contribution in [0.25, 0.3) is 11.3 Å². The number of aromatic nitrogens is 1. The molecule has 0 saturated heterocycles. The Hall–Kier alpha value is -2.37. The first-order valence-corrected chi connectivity index (χ1v) is 8.59. The fourth-order valence-electron chi connectivity index (χ4n) is 2.22. The molecule has 0 unspecified atom stereocenters. The Morgan fingerprint density at radius 1 is 1.00 bits per heavy atom. The van der Waals surface area contributed by atoms with E-state index in [9.17, 15) is 4.79 Å². The average Bonchev–Trinajstić information content (AvgIpc) is 2.90. The number of nitrogens with zero attached hydrogens (tertiary/aromatic N) is 1. The van der Waals surface area contributed by atoms with Crippen LogP contribution in [0.2, 0.25) is 5.02 Å². The second kappa shape index (κ2) is 7.03. The van der Waals surface area contributed by atoms with Crippen LogP contribution < -0.4 is 10.6 Å². The molecule has 0 spiro atoms. The summed E-state index contributed by atoms with van der Waals surface area (Å²) >= 11 is 7.28. The van der Waals surface area contributed by atoms with Crippen LogP contribution in [0.3, 0.4) is 0 Å². The quantitative estimate of drug-likeness (QED) is 0.629. The molecule has 0 aliphatic carbocycles. The molecule has 0 atom stereocenters. The van der Waals surface area contributed by atoms with Crippen molar-refractivity contribution in [1.82, 2.24) is 4.98 Å². The number of carbonyl (C=O) groups excluding carboxylic acids is 1. The van der Waals surface area contributed by atoms with E-state index in [1.807, 2.05) is 26.0 Å². The van der Waals surface area contributed by atoms with Gasteiger partial charge in [-0.25, -0.2) is 9.78 Å². The van der Waals surface area contributed by atoms with Crippen molar-refractivity contribution >= 4 is 39.8 Å². The van der Waals surface area contributed by atoms with Gasteiger partial charge in [0, 0.05) is 21.2 Å². The van der Waals surface area contributed by atoms with Crippen molar-refractivity contribution in [1.29, 1.82) is 0 Å². The van der Waals surface area contributed by atoms with Gasteiger partial charge in [0.25, 0.3) is 0 Å². The Morgan fingerprint density at radius 2 is 1.67 bits per heavy atom. The monoisotopic (exact) mass is 357 g/mol. The molecule has 3 aromatic rings. The van der Waals surface area contributed by atoms with Gasteiger partial charge in [0.15, 0.2) is 5.13 Å². The lowest BCUT2D eigenvalue weighted by Gasteiger charge is -2.05. The molecule has 2 amide bonds. The minimum absolute atomic E-state index is 0.332. The fourth-order valence-corrected chi connectivity index (χ4v) is 3.18. The topological polar surface area (TPSA) is 54.0 Å². The molecular weight excluding hydrogens is 342 g/mol. The molecular formula is C18H16ClN3OS. The summed E-state index contributed by atoms with van der Waals surface area (Å²) in [7, 11) is 0. The van der Waals surface area contributed by atoms with Crippen molar-refractivity contribution in [2.75, 3.05) is 10.6 Å². The molecule has 122 valence electrons. The Labute approximate surface area is 149 Å². The van der Waals surface area contributed by atoms with Crippen molar-refractivity contribution in [3.8, 4) is 11.3 Å². The van der Waals surface area contributed by atoms with E-state index in [0.717, 1.165) is 16.1 Å². The molecule has 4 nitrogen and oxygen atoms in total. The van der Waals surface area contributed by atoms with E-state index in [1.165, 1.54) is 16.9 Å². The molecule has 0 fully saturated rings. The number of anilines is 2. The summed E-state index contributed by atoms with van der Waals surface area (Å²) in [6.07, 6.45) is 0. The van der Waals surface area contributed by atoms with Crippen LogP contribution in [0.4, 0.5) is 15.6 Å². The van der Waals surface area contributed by atoms with E-state index in [-0.39, 0.29) is 6.03 Å². The summed E-state index contributed by atoms with van der Waals surface area (Å²) in [6, 6.07) is 14.8. The maximum absolute atomic E-state index is 12.1. The van der Waals surface area contributed by atoms with E-state index in [0.29, 0.717) is 15.8 Å². The van der Waals surface area contributed by atoms with Crippen LogP contribution in [-0.4, -0.2) is 11.0 Å². The Bertz CT molecular complexity index is 857. The zero-order chi connectivity index (χ0) is 17.1. The zero-order valence-corrected chi connectivity index (χ0v) is 14.8. The summed E-state index contributed by atoms with van der Waals surface area (Å²) < 4.78 is 0. The molecule has 24 heavy (non-hydrogen) atoms. The number of amides is 2. The first kappa shape index (κ1) is 16.5. The summed E-state index contributed by atoms with van der Waals surface area (Å²) in [5.74, 6) is 0. The minimum atomic E-state index is -0.332. The fraction of sp³-hybridized carbons (Fsp3) is 0.111. The highest BCUT2D eigenvalue weighted by Crippen LogP contribution is 2.30. The van der Waals surface area contributed by atoms with Crippen LogP contribution in [0.15, 0.2) is 48.5 Å². The van der Waals surface area contributed by atoms with E-state index >= 15 is 0 Å². The summed E-state index contributed by atoms with van der Waals surface area (Å²) in [5, 5.41) is 6.71. The number of aryl methyl sites for hydroxylation is 2. The smallest absolute Gasteiger partial charge is 0.308 e. The van der Waals surface area contributed by atoms with Gasteiger partial charge in [-0.15, -0.1) is 11.3 Å². The molecule has 2 aromatic carbocycles. The number of thiazole rings is 1. The van der Waals surface area contributed by atoms with Crippen molar-refractivity contribution in [2.45, 2.75) is 13.8 Å². The maximum Gasteiger partial charge on any atom is 0.325 e. The number of carbonyl (C=O) groups is 1. The summed E-state index contributed by atoms with van der Waals surface area (Å²) in [6.45, 7) is 4.04. The molecule has 1 aromatic heterocycles. The predicted molar refractivity (Wildman–Crippen MR) is 101 cm³/mol. The van der Waals surface area contributed by atoms with E-state index in [1.54, 1.807) is 24.3 Å². The predicted octanol–water partition coefficient (Wildman–Crippen LogP) is 5.72. The highest BCUT2D eigenvalue weighted by molar-refractivity contribution is 7.16. The lowest BCUT2D eigenvalue weighted by atomic mass is 10.1. The van der Waals surface area contributed by atoms with Crippen LogP contribution in [0, 0.1) is 13.8 Å². The van der Waals surface area contributed by atoms with Crippen molar-refractivity contribution in [2.24, 2.45) is 0 Å². The summed E-state index contributed by atoms with van der Waals surface area (Å²) in [5.41, 5.74) is 3.80. The molecule has 0 radical (unpaired) electrons. The molecule has 0 saturated carbocycles. The van der Waals surface area contributed by atoms with Crippen LogP contribution in [0.1, 0.15) is 10.4 Å². The van der Waals surface area contributed by atoms with Gasteiger partial charge in [-0.05, 0) is 38.1 Å². The van der Waals surface area contributed by atoms with Crippen LogP contribution >= 0.6 is 22.9 Å². The van der Waals surface area contributed by atoms with E-state index in [4.69, 9.17) is 11.6 Å². The largest absolute Gasteiger partial charge is 0.325 e. The van der Waals surface area contributed by atoms with Crippen molar-refractivity contribution < 1.29 is 4.79 Å². The zero-order valence-electron chi connectivity index (χ0n) is 13.3. The molecule has 0 bridgehead atoms. The highest BCUT2D eigenvalue weighted by Gasteiger charge is 2.12. The third-order valence-corrected chi connectivity index (χ3v) is 4.58.